The summed E-state index contributed by atoms with van der Waals surface area (Å²) in [6.07, 6.45) is 0. The van der Waals surface area contributed by atoms with E-state index in [2.05, 4.69) is 40.0 Å². The van der Waals surface area contributed by atoms with Crippen molar-refractivity contribution < 1.29 is 5.11 Å². The summed E-state index contributed by atoms with van der Waals surface area (Å²) in [6, 6.07) is 6.12. The number of rotatable bonds is 2. The Balaban J connectivity index is 2.48. The van der Waals surface area contributed by atoms with Crippen LogP contribution >= 0.6 is 27.3 Å². The predicted octanol–water partition coefficient (Wildman–Crippen LogP) is 3.37. The Hall–Kier alpha value is -0.710. The van der Waals surface area contributed by atoms with Crippen molar-refractivity contribution in [1.82, 2.24) is 4.98 Å². The molecule has 0 saturated carbocycles. The number of aryl methyl sites for hydroxylation is 1. The van der Waals surface area contributed by atoms with Crippen molar-refractivity contribution in [1.29, 1.82) is 0 Å². The first-order chi connectivity index (χ1) is 7.20. The molecule has 0 unspecified atom stereocenters. The number of aromatic nitrogens is 1. The first-order valence-electron chi connectivity index (χ1n) is 4.52. The molecule has 0 aliphatic carbocycles. The van der Waals surface area contributed by atoms with Crippen LogP contribution < -0.4 is 0 Å². The Morgan fingerprint density at radius 3 is 2.93 bits per heavy atom. The third-order valence-corrected chi connectivity index (χ3v) is 3.56. The number of nitrogens with zero attached hydrogens (tertiary/aromatic N) is 1. The van der Waals surface area contributed by atoms with Gasteiger partial charge in [-0.2, -0.15) is 0 Å². The Kier molecular flexibility index (Phi) is 3.19. The summed E-state index contributed by atoms with van der Waals surface area (Å²) in [6.45, 7) is 2.06. The molecule has 2 aromatic rings. The zero-order chi connectivity index (χ0) is 10.8. The van der Waals surface area contributed by atoms with Gasteiger partial charge in [0.1, 0.15) is 5.01 Å². The maximum absolute atomic E-state index is 8.96. The molecule has 0 spiro atoms. The topological polar surface area (TPSA) is 33.1 Å². The van der Waals surface area contributed by atoms with Crippen LogP contribution in [0.15, 0.2) is 28.1 Å². The molecule has 0 radical (unpaired) electrons. The minimum atomic E-state index is 0.00352. The zero-order valence-corrected chi connectivity index (χ0v) is 10.6. The summed E-state index contributed by atoms with van der Waals surface area (Å²) < 4.78 is 1.05. The molecule has 0 amide bonds. The van der Waals surface area contributed by atoms with Crippen molar-refractivity contribution in [3.63, 3.8) is 0 Å². The van der Waals surface area contributed by atoms with Crippen LogP contribution in [0.25, 0.3) is 10.6 Å². The number of hydrogen-bond acceptors (Lipinski definition) is 3. The van der Waals surface area contributed by atoms with E-state index in [0.29, 0.717) is 0 Å². The number of aliphatic hydroxyl groups is 1. The highest BCUT2D eigenvalue weighted by Crippen LogP contribution is 2.29. The standard InChI is InChI=1S/C11H10BrNOS/c1-7-2-3-8(12)4-10(7)11-13-9(5-14)6-15-11/h2-4,6,14H,5H2,1H3. The van der Waals surface area contributed by atoms with E-state index in [1.54, 1.807) is 11.3 Å². The van der Waals surface area contributed by atoms with Gasteiger partial charge in [-0.15, -0.1) is 11.3 Å². The molecule has 0 aliphatic rings. The van der Waals surface area contributed by atoms with Crippen LogP contribution in [0.1, 0.15) is 11.3 Å². The second-order valence-electron chi connectivity index (χ2n) is 3.26. The number of benzene rings is 1. The highest BCUT2D eigenvalue weighted by molar-refractivity contribution is 9.10. The summed E-state index contributed by atoms with van der Waals surface area (Å²) in [5, 5.41) is 11.8. The molecule has 78 valence electrons. The van der Waals surface area contributed by atoms with Gasteiger partial charge in [0.05, 0.1) is 12.3 Å². The lowest BCUT2D eigenvalue weighted by Gasteiger charge is -2.02. The van der Waals surface area contributed by atoms with Crippen molar-refractivity contribution in [3.8, 4) is 10.6 Å². The van der Waals surface area contributed by atoms with E-state index < -0.39 is 0 Å². The van der Waals surface area contributed by atoms with E-state index in [9.17, 15) is 0 Å². The number of hydrogen-bond donors (Lipinski definition) is 1. The van der Waals surface area contributed by atoms with Crippen LogP contribution in [0.2, 0.25) is 0 Å². The maximum Gasteiger partial charge on any atom is 0.124 e. The van der Waals surface area contributed by atoms with Crippen molar-refractivity contribution in [2.75, 3.05) is 0 Å². The van der Waals surface area contributed by atoms with Crippen molar-refractivity contribution >= 4 is 27.3 Å². The molecule has 0 aliphatic heterocycles. The molecule has 1 N–H and O–H groups in total. The molecule has 1 aromatic heterocycles. The largest absolute Gasteiger partial charge is 0.390 e. The summed E-state index contributed by atoms with van der Waals surface area (Å²) in [5.74, 6) is 0. The Morgan fingerprint density at radius 2 is 2.27 bits per heavy atom. The third-order valence-electron chi connectivity index (χ3n) is 2.14. The average molecular weight is 284 g/mol. The quantitative estimate of drug-likeness (QED) is 0.917. The predicted molar refractivity (Wildman–Crippen MR) is 65.9 cm³/mol. The summed E-state index contributed by atoms with van der Waals surface area (Å²) >= 11 is 5.00. The van der Waals surface area contributed by atoms with Gasteiger partial charge in [-0.25, -0.2) is 4.98 Å². The van der Waals surface area contributed by atoms with Gasteiger partial charge >= 0.3 is 0 Å². The van der Waals surface area contributed by atoms with E-state index in [0.717, 1.165) is 20.7 Å². The van der Waals surface area contributed by atoms with Crippen LogP contribution in [-0.2, 0) is 6.61 Å². The minimum absolute atomic E-state index is 0.00352. The van der Waals surface area contributed by atoms with Gasteiger partial charge < -0.3 is 5.11 Å². The lowest BCUT2D eigenvalue weighted by molar-refractivity contribution is 0.278. The zero-order valence-electron chi connectivity index (χ0n) is 8.20. The third kappa shape index (κ3) is 2.27. The van der Waals surface area contributed by atoms with Gasteiger partial charge in [0.25, 0.3) is 0 Å². The molecule has 4 heteroatoms. The van der Waals surface area contributed by atoms with Gasteiger partial charge in [0, 0.05) is 15.4 Å². The molecule has 2 rings (SSSR count). The first-order valence-corrected chi connectivity index (χ1v) is 6.20. The second kappa shape index (κ2) is 4.43. The molecular weight excluding hydrogens is 274 g/mol. The van der Waals surface area contributed by atoms with Crippen molar-refractivity contribution in [2.24, 2.45) is 0 Å². The summed E-state index contributed by atoms with van der Waals surface area (Å²) in [4.78, 5) is 4.35. The lowest BCUT2D eigenvalue weighted by atomic mass is 10.1. The van der Waals surface area contributed by atoms with E-state index in [1.807, 2.05) is 11.4 Å². The fraction of sp³-hybridized carbons (Fsp3) is 0.182. The maximum atomic E-state index is 8.96. The Bertz CT molecular complexity index is 481. The molecule has 2 nitrogen and oxygen atoms in total. The Labute approximate surface area is 101 Å². The van der Waals surface area contributed by atoms with E-state index in [4.69, 9.17) is 5.11 Å². The molecule has 0 bridgehead atoms. The monoisotopic (exact) mass is 283 g/mol. The van der Waals surface area contributed by atoms with E-state index in [1.165, 1.54) is 5.56 Å². The molecule has 1 heterocycles. The smallest absolute Gasteiger partial charge is 0.124 e. The van der Waals surface area contributed by atoms with Gasteiger partial charge in [-0.1, -0.05) is 22.0 Å². The van der Waals surface area contributed by atoms with Crippen LogP contribution in [0.3, 0.4) is 0 Å². The Morgan fingerprint density at radius 1 is 1.47 bits per heavy atom. The second-order valence-corrected chi connectivity index (χ2v) is 5.04. The van der Waals surface area contributed by atoms with E-state index in [-0.39, 0.29) is 6.61 Å². The number of thiazole rings is 1. The van der Waals surface area contributed by atoms with E-state index >= 15 is 0 Å². The lowest BCUT2D eigenvalue weighted by Crippen LogP contribution is -1.85. The van der Waals surface area contributed by atoms with Gasteiger partial charge in [-0.3, -0.25) is 0 Å². The molecule has 0 saturated heterocycles. The van der Waals surface area contributed by atoms with Gasteiger partial charge in [0.15, 0.2) is 0 Å². The summed E-state index contributed by atoms with van der Waals surface area (Å²) in [7, 11) is 0. The fourth-order valence-electron chi connectivity index (χ4n) is 1.33. The number of halogens is 1. The van der Waals surface area contributed by atoms with Gasteiger partial charge in [-0.05, 0) is 24.6 Å². The highest BCUT2D eigenvalue weighted by atomic mass is 79.9. The van der Waals surface area contributed by atoms with Crippen LogP contribution in [0.4, 0.5) is 0 Å². The SMILES string of the molecule is Cc1ccc(Br)cc1-c1nc(CO)cs1. The van der Waals surface area contributed by atoms with Crippen LogP contribution in [0, 0.1) is 6.92 Å². The average Bonchev–Trinajstić information content (AvgIpc) is 2.70. The van der Waals surface area contributed by atoms with Gasteiger partial charge in [0.2, 0.25) is 0 Å². The molecule has 15 heavy (non-hydrogen) atoms. The molecule has 0 fully saturated rings. The van der Waals surface area contributed by atoms with Crippen molar-refractivity contribution in [2.45, 2.75) is 13.5 Å². The number of aliphatic hydroxyl groups excluding tert-OH is 1. The first kappa shape index (κ1) is 10.8. The minimum Gasteiger partial charge on any atom is -0.390 e. The van der Waals surface area contributed by atoms with Crippen molar-refractivity contribution in [3.05, 3.63) is 39.3 Å². The molecule has 0 atom stereocenters. The summed E-state index contributed by atoms with van der Waals surface area (Å²) in [5.41, 5.74) is 3.04. The fourth-order valence-corrected chi connectivity index (χ4v) is 2.58. The highest BCUT2D eigenvalue weighted by Gasteiger charge is 2.07. The van der Waals surface area contributed by atoms with Crippen LogP contribution in [-0.4, -0.2) is 10.1 Å². The molecule has 1 aromatic carbocycles. The normalized spacial score (nSPS) is 10.6. The molecular formula is C11H10BrNOS. The van der Waals surface area contributed by atoms with Crippen LogP contribution in [0.5, 0.6) is 0 Å².